The van der Waals surface area contributed by atoms with Gasteiger partial charge in [-0.05, 0) is 74.2 Å². The molecule has 1 atom stereocenters. The molecule has 4 rings (SSSR count). The lowest BCUT2D eigenvalue weighted by molar-refractivity contribution is -0.135. The van der Waals surface area contributed by atoms with Crippen LogP contribution in [0, 0.1) is 19.3 Å². The molecule has 0 spiro atoms. The predicted molar refractivity (Wildman–Crippen MR) is 145 cm³/mol. The Bertz CT molecular complexity index is 1170. The second-order valence-electron chi connectivity index (χ2n) is 10.2. The third-order valence-electron chi connectivity index (χ3n) is 7.12. The van der Waals surface area contributed by atoms with Crippen LogP contribution in [0.2, 0.25) is 5.02 Å². The van der Waals surface area contributed by atoms with Crippen molar-refractivity contribution in [3.63, 3.8) is 0 Å². The highest BCUT2D eigenvalue weighted by atomic mass is 35.5. The molecular formula is C30H36ClN3O2. The van der Waals surface area contributed by atoms with E-state index in [0.717, 1.165) is 60.1 Å². The molecule has 1 aliphatic heterocycles. The van der Waals surface area contributed by atoms with E-state index in [1.165, 1.54) is 5.56 Å². The van der Waals surface area contributed by atoms with Gasteiger partial charge in [-0.2, -0.15) is 0 Å². The predicted octanol–water partition coefficient (Wildman–Crippen LogP) is 6.06. The van der Waals surface area contributed by atoms with Crippen molar-refractivity contribution in [1.82, 2.24) is 14.8 Å². The lowest BCUT2D eigenvalue weighted by Crippen LogP contribution is -2.48. The standard InChI is InChI=1S/C30H36ClN3O2/c1-23-9-7-15-32-28(23)20-34-16-8-14-30(21-34,22-36-26-12-13-27(31)24(2)17-26)18-29(35)33(3)19-25-10-5-4-6-11-25/h4-7,9-13,15,17H,8,14,16,18-22H2,1-3H3. The Balaban J connectivity index is 1.51. The van der Waals surface area contributed by atoms with Gasteiger partial charge in [0.25, 0.3) is 0 Å². The summed E-state index contributed by atoms with van der Waals surface area (Å²) in [6.07, 6.45) is 4.26. The zero-order valence-corrected chi connectivity index (χ0v) is 22.3. The van der Waals surface area contributed by atoms with E-state index in [0.29, 0.717) is 19.6 Å². The summed E-state index contributed by atoms with van der Waals surface area (Å²) in [6, 6.07) is 20.0. The highest BCUT2D eigenvalue weighted by molar-refractivity contribution is 6.31. The second kappa shape index (κ2) is 11.9. The van der Waals surface area contributed by atoms with Gasteiger partial charge in [-0.15, -0.1) is 0 Å². The van der Waals surface area contributed by atoms with Gasteiger partial charge >= 0.3 is 0 Å². The topological polar surface area (TPSA) is 45.7 Å². The van der Waals surface area contributed by atoms with E-state index in [9.17, 15) is 4.79 Å². The Hall–Kier alpha value is -2.89. The Morgan fingerprint density at radius 1 is 1.11 bits per heavy atom. The van der Waals surface area contributed by atoms with Crippen LogP contribution in [0.1, 0.15) is 41.6 Å². The van der Waals surface area contributed by atoms with Crippen molar-refractivity contribution in [2.45, 2.75) is 46.2 Å². The number of aryl methyl sites for hydroxylation is 2. The first kappa shape index (κ1) is 26.2. The number of piperidine rings is 1. The Morgan fingerprint density at radius 3 is 2.67 bits per heavy atom. The minimum atomic E-state index is -0.281. The largest absolute Gasteiger partial charge is 0.493 e. The fourth-order valence-corrected chi connectivity index (χ4v) is 5.12. The molecule has 2 heterocycles. The summed E-state index contributed by atoms with van der Waals surface area (Å²) >= 11 is 6.22. The third kappa shape index (κ3) is 6.86. The molecule has 0 N–H and O–H groups in total. The second-order valence-corrected chi connectivity index (χ2v) is 10.6. The van der Waals surface area contributed by atoms with Gasteiger partial charge in [0, 0.05) is 49.7 Å². The van der Waals surface area contributed by atoms with Crippen LogP contribution in [0.4, 0.5) is 0 Å². The molecule has 0 bridgehead atoms. The highest BCUT2D eigenvalue weighted by Crippen LogP contribution is 2.36. The van der Waals surface area contributed by atoms with Crippen molar-refractivity contribution >= 4 is 17.5 Å². The average molecular weight is 506 g/mol. The fraction of sp³-hybridized carbons (Fsp3) is 0.400. The van der Waals surface area contributed by atoms with Crippen LogP contribution in [0.5, 0.6) is 5.75 Å². The zero-order valence-electron chi connectivity index (χ0n) is 21.5. The van der Waals surface area contributed by atoms with Crippen LogP contribution < -0.4 is 4.74 Å². The van der Waals surface area contributed by atoms with Crippen LogP contribution in [0.3, 0.4) is 0 Å². The fourth-order valence-electron chi connectivity index (χ4n) is 5.00. The Labute approximate surface area is 220 Å². The number of halogens is 1. The van der Waals surface area contributed by atoms with Crippen molar-refractivity contribution < 1.29 is 9.53 Å². The van der Waals surface area contributed by atoms with Crippen molar-refractivity contribution in [2.75, 3.05) is 26.7 Å². The van der Waals surface area contributed by atoms with Crippen LogP contribution in [0.25, 0.3) is 0 Å². The summed E-state index contributed by atoms with van der Waals surface area (Å²) in [6.45, 7) is 7.73. The van der Waals surface area contributed by atoms with Crippen molar-refractivity contribution in [3.05, 3.63) is 94.3 Å². The third-order valence-corrected chi connectivity index (χ3v) is 7.54. The maximum atomic E-state index is 13.5. The van der Waals surface area contributed by atoms with E-state index in [2.05, 4.69) is 35.0 Å². The number of pyridine rings is 1. The van der Waals surface area contributed by atoms with E-state index >= 15 is 0 Å². The molecule has 1 aliphatic rings. The molecule has 6 heteroatoms. The van der Waals surface area contributed by atoms with Crippen LogP contribution in [0.15, 0.2) is 66.9 Å². The molecule has 1 fully saturated rings. The molecule has 0 radical (unpaired) electrons. The maximum absolute atomic E-state index is 13.5. The van der Waals surface area contributed by atoms with E-state index in [-0.39, 0.29) is 11.3 Å². The Kier molecular flexibility index (Phi) is 8.65. The lowest BCUT2D eigenvalue weighted by Gasteiger charge is -2.43. The minimum absolute atomic E-state index is 0.144. The smallest absolute Gasteiger partial charge is 0.223 e. The van der Waals surface area contributed by atoms with Crippen molar-refractivity contribution in [2.24, 2.45) is 5.41 Å². The maximum Gasteiger partial charge on any atom is 0.223 e. The SMILES string of the molecule is Cc1cc(OCC2(CC(=O)N(C)Cc3ccccc3)CCCN(Cc3ncccc3C)C2)ccc1Cl. The number of hydrogen-bond acceptors (Lipinski definition) is 4. The summed E-state index contributed by atoms with van der Waals surface area (Å²) in [5, 5.41) is 0.726. The van der Waals surface area contributed by atoms with E-state index in [1.807, 2.05) is 67.5 Å². The summed E-state index contributed by atoms with van der Waals surface area (Å²) in [4.78, 5) is 22.3. The van der Waals surface area contributed by atoms with E-state index < -0.39 is 0 Å². The lowest BCUT2D eigenvalue weighted by atomic mass is 9.77. The van der Waals surface area contributed by atoms with Gasteiger partial charge in [0.05, 0.1) is 12.3 Å². The first-order valence-corrected chi connectivity index (χ1v) is 13.0. The first-order valence-electron chi connectivity index (χ1n) is 12.6. The molecule has 190 valence electrons. The van der Waals surface area contributed by atoms with Gasteiger partial charge in [-0.1, -0.05) is 48.0 Å². The highest BCUT2D eigenvalue weighted by Gasteiger charge is 2.39. The van der Waals surface area contributed by atoms with Gasteiger partial charge in [-0.25, -0.2) is 0 Å². The summed E-state index contributed by atoms with van der Waals surface area (Å²) in [7, 11) is 1.89. The van der Waals surface area contributed by atoms with Gasteiger partial charge in [0.1, 0.15) is 5.75 Å². The molecule has 3 aromatic rings. The number of aromatic nitrogens is 1. The molecule has 1 amide bonds. The minimum Gasteiger partial charge on any atom is -0.493 e. The molecule has 0 aliphatic carbocycles. The van der Waals surface area contributed by atoms with Gasteiger partial charge in [-0.3, -0.25) is 14.7 Å². The average Bonchev–Trinajstić information content (AvgIpc) is 2.87. The number of amides is 1. The number of hydrogen-bond donors (Lipinski definition) is 0. The number of carbonyl (C=O) groups is 1. The number of likely N-dealkylation sites (tertiary alicyclic amines) is 1. The molecule has 1 saturated heterocycles. The van der Waals surface area contributed by atoms with Gasteiger partial charge in [0.15, 0.2) is 0 Å². The summed E-state index contributed by atoms with van der Waals surface area (Å²) in [5.41, 5.74) is 4.12. The number of rotatable bonds is 9. The van der Waals surface area contributed by atoms with Crippen LogP contribution >= 0.6 is 11.6 Å². The van der Waals surface area contributed by atoms with E-state index in [4.69, 9.17) is 16.3 Å². The van der Waals surface area contributed by atoms with Crippen molar-refractivity contribution in [1.29, 1.82) is 0 Å². The molecule has 5 nitrogen and oxygen atoms in total. The first-order chi connectivity index (χ1) is 17.3. The van der Waals surface area contributed by atoms with E-state index in [1.54, 1.807) is 0 Å². The quantitative estimate of drug-likeness (QED) is 0.354. The van der Waals surface area contributed by atoms with Crippen LogP contribution in [-0.2, 0) is 17.9 Å². The molecule has 0 saturated carbocycles. The molecule has 1 unspecified atom stereocenters. The zero-order chi connectivity index (χ0) is 25.5. The number of nitrogens with zero attached hydrogens (tertiary/aromatic N) is 3. The molecule has 1 aromatic heterocycles. The summed E-state index contributed by atoms with van der Waals surface area (Å²) < 4.78 is 6.33. The Morgan fingerprint density at radius 2 is 1.92 bits per heavy atom. The summed E-state index contributed by atoms with van der Waals surface area (Å²) in [5.74, 6) is 0.935. The monoisotopic (exact) mass is 505 g/mol. The number of benzene rings is 2. The molecule has 2 aromatic carbocycles. The number of ether oxygens (including phenoxy) is 1. The normalized spacial score (nSPS) is 18.1. The van der Waals surface area contributed by atoms with Gasteiger partial charge < -0.3 is 9.64 Å². The van der Waals surface area contributed by atoms with Gasteiger partial charge in [0.2, 0.25) is 5.91 Å². The molecule has 36 heavy (non-hydrogen) atoms. The van der Waals surface area contributed by atoms with Crippen molar-refractivity contribution in [3.8, 4) is 5.75 Å². The van der Waals surface area contributed by atoms with Crippen LogP contribution in [-0.4, -0.2) is 47.4 Å². The number of carbonyl (C=O) groups excluding carboxylic acids is 1. The molecular weight excluding hydrogens is 470 g/mol.